The van der Waals surface area contributed by atoms with Crippen molar-refractivity contribution in [1.29, 1.82) is 0 Å². The van der Waals surface area contributed by atoms with Gasteiger partial charge in [-0.15, -0.1) is 0 Å². The van der Waals surface area contributed by atoms with Crippen LogP contribution in [0.1, 0.15) is 174 Å². The molecule has 0 fully saturated rings. The quantitative estimate of drug-likeness (QED) is 0.0648. The van der Waals surface area contributed by atoms with Gasteiger partial charge >= 0.3 is 11.9 Å². The Bertz CT molecular complexity index is 514. The van der Waals surface area contributed by atoms with Gasteiger partial charge < -0.3 is 9.84 Å². The van der Waals surface area contributed by atoms with Crippen LogP contribution in [0.3, 0.4) is 0 Å². The Morgan fingerprint density at radius 1 is 0.611 bits per heavy atom. The van der Waals surface area contributed by atoms with E-state index >= 15 is 0 Å². The first-order valence-electron chi connectivity index (χ1n) is 15.7. The van der Waals surface area contributed by atoms with Crippen molar-refractivity contribution < 1.29 is 19.4 Å². The van der Waals surface area contributed by atoms with Crippen molar-refractivity contribution >= 4 is 11.9 Å². The second kappa shape index (κ2) is 28.3. The molecule has 0 aromatic carbocycles. The lowest BCUT2D eigenvalue weighted by Gasteiger charge is -2.16. The maximum absolute atomic E-state index is 12.0. The second-order valence-electron chi connectivity index (χ2n) is 10.7. The molecule has 212 valence electrons. The van der Waals surface area contributed by atoms with Crippen molar-refractivity contribution in [2.75, 3.05) is 0 Å². The lowest BCUT2D eigenvalue weighted by Crippen LogP contribution is -2.21. The number of allylic oxidation sites excluding steroid dienone is 2. The Kier molecular flexibility index (Phi) is 27.2. The molecule has 0 aliphatic rings. The first-order chi connectivity index (χ1) is 17.6. The molecule has 1 unspecified atom stereocenters. The minimum Gasteiger partial charge on any atom is -0.481 e. The average molecular weight is 509 g/mol. The van der Waals surface area contributed by atoms with E-state index in [4.69, 9.17) is 9.84 Å². The SMILES string of the molecule is CCCCCCCC/C=C\CCCCCCCCCCCCCC(=O)OC(CCCCC)CC(=O)O. The summed E-state index contributed by atoms with van der Waals surface area (Å²) in [4.78, 5) is 23.0. The van der Waals surface area contributed by atoms with Crippen molar-refractivity contribution in [3.63, 3.8) is 0 Å². The molecule has 0 amide bonds. The number of hydrogen-bond donors (Lipinski definition) is 1. The van der Waals surface area contributed by atoms with Crippen LogP contribution in [0.4, 0.5) is 0 Å². The second-order valence-corrected chi connectivity index (χ2v) is 10.7. The molecule has 0 spiro atoms. The molecule has 4 heteroatoms. The van der Waals surface area contributed by atoms with E-state index in [2.05, 4.69) is 26.0 Å². The Hall–Kier alpha value is -1.32. The Morgan fingerprint density at radius 2 is 1.03 bits per heavy atom. The zero-order valence-electron chi connectivity index (χ0n) is 24.1. The summed E-state index contributed by atoms with van der Waals surface area (Å²) in [5, 5.41) is 9.02. The third-order valence-corrected chi connectivity index (χ3v) is 6.97. The van der Waals surface area contributed by atoms with E-state index in [1.807, 2.05) is 0 Å². The first kappa shape index (κ1) is 34.7. The van der Waals surface area contributed by atoms with E-state index in [0.717, 1.165) is 32.1 Å². The number of carboxylic acids is 1. The van der Waals surface area contributed by atoms with Crippen molar-refractivity contribution in [3.8, 4) is 0 Å². The fourth-order valence-corrected chi connectivity index (χ4v) is 4.66. The Labute approximate surface area is 224 Å². The van der Waals surface area contributed by atoms with Gasteiger partial charge in [0, 0.05) is 6.42 Å². The standard InChI is InChI=1S/C32H60O4/c1-3-5-7-8-9-10-11-12-13-14-15-16-17-18-19-20-21-22-23-24-26-28-32(35)36-30(29-31(33)34)27-25-6-4-2/h12-13,30H,3-11,14-29H2,1-2H3,(H,33,34)/b13-12-. The van der Waals surface area contributed by atoms with Gasteiger partial charge in [0.2, 0.25) is 0 Å². The average Bonchev–Trinajstić information content (AvgIpc) is 2.84. The highest BCUT2D eigenvalue weighted by atomic mass is 16.5. The molecule has 0 radical (unpaired) electrons. The number of ether oxygens (including phenoxy) is 1. The summed E-state index contributed by atoms with van der Waals surface area (Å²) >= 11 is 0. The fraction of sp³-hybridized carbons (Fsp3) is 0.875. The summed E-state index contributed by atoms with van der Waals surface area (Å²) in [7, 11) is 0. The highest BCUT2D eigenvalue weighted by Crippen LogP contribution is 2.15. The van der Waals surface area contributed by atoms with Gasteiger partial charge in [0.25, 0.3) is 0 Å². The lowest BCUT2D eigenvalue weighted by atomic mass is 10.0. The molecular weight excluding hydrogens is 448 g/mol. The largest absolute Gasteiger partial charge is 0.481 e. The third kappa shape index (κ3) is 27.3. The Morgan fingerprint density at radius 3 is 1.50 bits per heavy atom. The summed E-state index contributed by atoms with van der Waals surface area (Å²) in [6.07, 6.45) is 32.9. The molecule has 1 N–H and O–H groups in total. The van der Waals surface area contributed by atoms with Gasteiger partial charge in [-0.25, -0.2) is 0 Å². The summed E-state index contributed by atoms with van der Waals surface area (Å²) < 4.78 is 5.43. The van der Waals surface area contributed by atoms with Crippen molar-refractivity contribution in [3.05, 3.63) is 12.2 Å². The molecule has 0 aliphatic heterocycles. The van der Waals surface area contributed by atoms with Crippen LogP contribution in [0.5, 0.6) is 0 Å². The third-order valence-electron chi connectivity index (χ3n) is 6.97. The first-order valence-corrected chi connectivity index (χ1v) is 15.7. The normalized spacial score (nSPS) is 12.3. The maximum Gasteiger partial charge on any atom is 0.307 e. The zero-order valence-corrected chi connectivity index (χ0v) is 24.1. The van der Waals surface area contributed by atoms with Crippen LogP contribution in [-0.2, 0) is 14.3 Å². The number of carbonyl (C=O) groups excluding carboxylic acids is 1. The van der Waals surface area contributed by atoms with E-state index < -0.39 is 12.1 Å². The fourth-order valence-electron chi connectivity index (χ4n) is 4.66. The van der Waals surface area contributed by atoms with Gasteiger partial charge in [-0.05, 0) is 44.9 Å². The number of esters is 1. The van der Waals surface area contributed by atoms with Crippen LogP contribution in [0.15, 0.2) is 12.2 Å². The van der Waals surface area contributed by atoms with Gasteiger partial charge in [-0.3, -0.25) is 9.59 Å². The molecule has 0 aliphatic carbocycles. The van der Waals surface area contributed by atoms with Crippen molar-refractivity contribution in [2.24, 2.45) is 0 Å². The molecule has 0 aromatic rings. The summed E-state index contributed by atoms with van der Waals surface area (Å²) in [6.45, 7) is 4.38. The number of hydrogen-bond acceptors (Lipinski definition) is 3. The molecule has 0 bridgehead atoms. The van der Waals surface area contributed by atoms with Gasteiger partial charge in [0.05, 0.1) is 6.42 Å². The molecule has 0 rings (SSSR count). The van der Waals surface area contributed by atoms with Crippen LogP contribution in [0, 0.1) is 0 Å². The molecule has 4 nitrogen and oxygen atoms in total. The monoisotopic (exact) mass is 508 g/mol. The molecule has 0 saturated carbocycles. The van der Waals surface area contributed by atoms with E-state index in [1.54, 1.807) is 0 Å². The predicted octanol–water partition coefficient (Wildman–Crippen LogP) is 10.3. The van der Waals surface area contributed by atoms with E-state index in [1.165, 1.54) is 109 Å². The van der Waals surface area contributed by atoms with E-state index in [0.29, 0.717) is 12.8 Å². The van der Waals surface area contributed by atoms with Crippen molar-refractivity contribution in [2.45, 2.75) is 180 Å². The highest BCUT2D eigenvalue weighted by molar-refractivity contribution is 5.71. The minimum absolute atomic E-state index is 0.0776. The number of carbonyl (C=O) groups is 2. The smallest absolute Gasteiger partial charge is 0.307 e. The molecule has 0 saturated heterocycles. The number of aliphatic carboxylic acids is 1. The van der Waals surface area contributed by atoms with Crippen LogP contribution >= 0.6 is 0 Å². The number of carboxylic acid groups (broad SMARTS) is 1. The van der Waals surface area contributed by atoms with E-state index in [-0.39, 0.29) is 12.4 Å². The summed E-state index contributed by atoms with van der Waals surface area (Å²) in [5.74, 6) is -1.12. The van der Waals surface area contributed by atoms with Gasteiger partial charge in [0.15, 0.2) is 0 Å². The summed E-state index contributed by atoms with van der Waals surface area (Å²) in [5.41, 5.74) is 0. The van der Waals surface area contributed by atoms with Gasteiger partial charge in [-0.1, -0.05) is 129 Å². The van der Waals surface area contributed by atoms with Crippen LogP contribution in [0.2, 0.25) is 0 Å². The summed E-state index contributed by atoms with van der Waals surface area (Å²) in [6, 6.07) is 0. The lowest BCUT2D eigenvalue weighted by molar-refractivity contribution is -0.153. The topological polar surface area (TPSA) is 63.6 Å². The Balaban J connectivity index is 3.42. The minimum atomic E-state index is -0.893. The van der Waals surface area contributed by atoms with Crippen molar-refractivity contribution in [1.82, 2.24) is 0 Å². The van der Waals surface area contributed by atoms with E-state index in [9.17, 15) is 9.59 Å². The molecule has 0 aromatic heterocycles. The van der Waals surface area contributed by atoms with Crippen LogP contribution in [0.25, 0.3) is 0 Å². The van der Waals surface area contributed by atoms with Crippen LogP contribution in [-0.4, -0.2) is 23.1 Å². The molecular formula is C32H60O4. The van der Waals surface area contributed by atoms with Gasteiger partial charge in [0.1, 0.15) is 6.10 Å². The number of rotatable bonds is 28. The molecule has 1 atom stereocenters. The predicted molar refractivity (Wildman–Crippen MR) is 153 cm³/mol. The highest BCUT2D eigenvalue weighted by Gasteiger charge is 2.17. The van der Waals surface area contributed by atoms with Gasteiger partial charge in [-0.2, -0.15) is 0 Å². The molecule has 36 heavy (non-hydrogen) atoms. The molecule has 0 heterocycles. The number of unbranched alkanes of at least 4 members (excludes halogenated alkanes) is 19. The van der Waals surface area contributed by atoms with Crippen LogP contribution < -0.4 is 0 Å². The maximum atomic E-state index is 12.0. The zero-order chi connectivity index (χ0) is 26.5.